The molecular formula is C15H26O3. The average Bonchev–Trinajstić information content (AvgIpc) is 2.65. The first-order chi connectivity index (χ1) is 7.91. The molecule has 0 unspecified atom stereocenters. The lowest BCUT2D eigenvalue weighted by Crippen LogP contribution is -2.31. The van der Waals surface area contributed by atoms with Gasteiger partial charge in [-0.2, -0.15) is 0 Å². The van der Waals surface area contributed by atoms with Crippen LogP contribution in [0.4, 0.5) is 0 Å². The van der Waals surface area contributed by atoms with E-state index in [1.165, 1.54) is 0 Å². The fourth-order valence-electron chi connectivity index (χ4n) is 2.01. The zero-order chi connectivity index (χ0) is 12.8. The normalized spacial score (nSPS) is 17.3. The summed E-state index contributed by atoms with van der Waals surface area (Å²) in [5, 5.41) is 0. The molecule has 0 atom stereocenters. The van der Waals surface area contributed by atoms with Crippen LogP contribution < -0.4 is 0 Å². The van der Waals surface area contributed by atoms with Gasteiger partial charge < -0.3 is 14.9 Å². The lowest BCUT2D eigenvalue weighted by molar-refractivity contribution is -0.161. The molecule has 1 fully saturated rings. The molecule has 3 nitrogen and oxygen atoms in total. The van der Waals surface area contributed by atoms with E-state index in [0.717, 1.165) is 19.6 Å². The number of hydrogen-bond acceptors (Lipinski definition) is 2. The van der Waals surface area contributed by atoms with Gasteiger partial charge in [0, 0.05) is 6.42 Å². The molecule has 0 spiro atoms. The number of rotatable bonds is 1. The SMILES string of the molecule is CC(C)(C)CC1(C)OCCO1.O.c1ccccc1. The van der Waals surface area contributed by atoms with Crippen LogP contribution in [0.1, 0.15) is 34.1 Å². The second kappa shape index (κ2) is 7.52. The van der Waals surface area contributed by atoms with E-state index < -0.39 is 0 Å². The van der Waals surface area contributed by atoms with Crippen LogP contribution in [0.3, 0.4) is 0 Å². The van der Waals surface area contributed by atoms with E-state index in [-0.39, 0.29) is 16.7 Å². The quantitative estimate of drug-likeness (QED) is 0.773. The highest BCUT2D eigenvalue weighted by atomic mass is 16.7. The minimum absolute atomic E-state index is 0. The molecule has 1 aliphatic heterocycles. The van der Waals surface area contributed by atoms with E-state index in [0.29, 0.717) is 0 Å². The topological polar surface area (TPSA) is 50.0 Å². The van der Waals surface area contributed by atoms with Crippen LogP contribution in [-0.2, 0) is 9.47 Å². The third-order valence-electron chi connectivity index (χ3n) is 2.42. The largest absolute Gasteiger partial charge is 0.412 e. The van der Waals surface area contributed by atoms with Crippen molar-refractivity contribution >= 4 is 0 Å². The summed E-state index contributed by atoms with van der Waals surface area (Å²) in [6, 6.07) is 12.0. The predicted molar refractivity (Wildman–Crippen MR) is 74.4 cm³/mol. The molecular weight excluding hydrogens is 228 g/mol. The molecule has 2 N–H and O–H groups in total. The van der Waals surface area contributed by atoms with Crippen molar-refractivity contribution in [3.8, 4) is 0 Å². The standard InChI is InChI=1S/C9H18O2.C6H6.H2O/c1-8(2,3)7-9(4)10-5-6-11-9;1-2-4-6-5-3-1;/h5-7H2,1-4H3;1-6H;1H2. The Balaban J connectivity index is 0.000000352. The van der Waals surface area contributed by atoms with Crippen molar-refractivity contribution in [1.82, 2.24) is 0 Å². The summed E-state index contributed by atoms with van der Waals surface area (Å²) < 4.78 is 11.0. The fraction of sp³-hybridized carbons (Fsp3) is 0.600. The first-order valence-electron chi connectivity index (χ1n) is 6.19. The van der Waals surface area contributed by atoms with Gasteiger partial charge in [-0.05, 0) is 12.3 Å². The van der Waals surface area contributed by atoms with Crippen molar-refractivity contribution in [2.45, 2.75) is 39.9 Å². The van der Waals surface area contributed by atoms with Gasteiger partial charge in [0.2, 0.25) is 0 Å². The molecule has 0 radical (unpaired) electrons. The zero-order valence-corrected chi connectivity index (χ0v) is 11.9. The molecule has 2 rings (SSSR count). The van der Waals surface area contributed by atoms with Crippen molar-refractivity contribution in [2.75, 3.05) is 13.2 Å². The number of ether oxygens (including phenoxy) is 2. The summed E-state index contributed by atoms with van der Waals surface area (Å²) >= 11 is 0. The average molecular weight is 254 g/mol. The number of hydrogen-bond donors (Lipinski definition) is 0. The summed E-state index contributed by atoms with van der Waals surface area (Å²) in [5.74, 6) is -0.321. The van der Waals surface area contributed by atoms with Crippen LogP contribution >= 0.6 is 0 Å². The number of benzene rings is 1. The van der Waals surface area contributed by atoms with Crippen molar-refractivity contribution in [1.29, 1.82) is 0 Å². The van der Waals surface area contributed by atoms with Gasteiger partial charge >= 0.3 is 0 Å². The molecule has 104 valence electrons. The third-order valence-corrected chi connectivity index (χ3v) is 2.42. The molecule has 1 heterocycles. The van der Waals surface area contributed by atoms with Crippen molar-refractivity contribution < 1.29 is 14.9 Å². The second-order valence-electron chi connectivity index (χ2n) is 5.72. The van der Waals surface area contributed by atoms with E-state index in [1.54, 1.807) is 0 Å². The zero-order valence-electron chi connectivity index (χ0n) is 11.9. The molecule has 0 bridgehead atoms. The fourth-order valence-corrected chi connectivity index (χ4v) is 2.01. The molecule has 1 aromatic carbocycles. The highest BCUT2D eigenvalue weighted by molar-refractivity contribution is 4.99. The van der Waals surface area contributed by atoms with Crippen LogP contribution in [0.15, 0.2) is 36.4 Å². The first kappa shape index (κ1) is 17.1. The minimum Gasteiger partial charge on any atom is -0.412 e. The van der Waals surface area contributed by atoms with Crippen LogP contribution in [0.5, 0.6) is 0 Å². The molecule has 3 heteroatoms. The Labute approximate surface area is 110 Å². The van der Waals surface area contributed by atoms with Crippen molar-refractivity contribution in [3.63, 3.8) is 0 Å². The van der Waals surface area contributed by atoms with E-state index >= 15 is 0 Å². The Hall–Kier alpha value is -0.900. The predicted octanol–water partition coefficient (Wildman–Crippen LogP) is 3.05. The molecule has 0 amide bonds. The van der Waals surface area contributed by atoms with Gasteiger partial charge in [-0.25, -0.2) is 0 Å². The maximum atomic E-state index is 5.49. The Kier molecular flexibility index (Phi) is 7.14. The molecule has 1 saturated heterocycles. The Bertz CT molecular complexity index is 271. The van der Waals surface area contributed by atoms with Gasteiger partial charge in [0.25, 0.3) is 0 Å². The highest BCUT2D eigenvalue weighted by Gasteiger charge is 2.35. The Morgan fingerprint density at radius 1 is 0.889 bits per heavy atom. The Morgan fingerprint density at radius 2 is 1.22 bits per heavy atom. The van der Waals surface area contributed by atoms with Gasteiger partial charge in [-0.1, -0.05) is 57.2 Å². The van der Waals surface area contributed by atoms with Crippen molar-refractivity contribution in [2.24, 2.45) is 5.41 Å². The van der Waals surface area contributed by atoms with E-state index in [2.05, 4.69) is 20.8 Å². The molecule has 1 aliphatic rings. The van der Waals surface area contributed by atoms with Gasteiger partial charge in [-0.3, -0.25) is 0 Å². The molecule has 0 aliphatic carbocycles. The summed E-state index contributed by atoms with van der Waals surface area (Å²) in [6.07, 6.45) is 0.958. The summed E-state index contributed by atoms with van der Waals surface area (Å²) in [6.45, 7) is 10.1. The molecule has 1 aromatic rings. The minimum atomic E-state index is -0.321. The third kappa shape index (κ3) is 7.43. The monoisotopic (exact) mass is 254 g/mol. The lowest BCUT2D eigenvalue weighted by atomic mass is 9.88. The molecule has 18 heavy (non-hydrogen) atoms. The summed E-state index contributed by atoms with van der Waals surface area (Å²) in [5.41, 5.74) is 0.277. The Morgan fingerprint density at radius 3 is 1.50 bits per heavy atom. The lowest BCUT2D eigenvalue weighted by Gasteiger charge is -2.30. The van der Waals surface area contributed by atoms with Crippen LogP contribution in [-0.4, -0.2) is 24.5 Å². The van der Waals surface area contributed by atoms with Crippen LogP contribution in [0.25, 0.3) is 0 Å². The van der Waals surface area contributed by atoms with Crippen LogP contribution in [0.2, 0.25) is 0 Å². The van der Waals surface area contributed by atoms with E-state index in [4.69, 9.17) is 9.47 Å². The van der Waals surface area contributed by atoms with Gasteiger partial charge in [0.1, 0.15) is 0 Å². The maximum absolute atomic E-state index is 5.49. The summed E-state index contributed by atoms with van der Waals surface area (Å²) in [4.78, 5) is 0. The van der Waals surface area contributed by atoms with Gasteiger partial charge in [0.05, 0.1) is 13.2 Å². The highest BCUT2D eigenvalue weighted by Crippen LogP contribution is 2.32. The van der Waals surface area contributed by atoms with Gasteiger partial charge in [-0.15, -0.1) is 0 Å². The van der Waals surface area contributed by atoms with E-state index in [9.17, 15) is 0 Å². The van der Waals surface area contributed by atoms with Crippen molar-refractivity contribution in [3.05, 3.63) is 36.4 Å². The molecule has 0 aromatic heterocycles. The summed E-state index contributed by atoms with van der Waals surface area (Å²) in [7, 11) is 0. The second-order valence-corrected chi connectivity index (χ2v) is 5.72. The smallest absolute Gasteiger partial charge is 0.166 e. The maximum Gasteiger partial charge on any atom is 0.166 e. The first-order valence-corrected chi connectivity index (χ1v) is 6.19. The molecule has 0 saturated carbocycles. The van der Waals surface area contributed by atoms with Gasteiger partial charge in [0.15, 0.2) is 5.79 Å². The van der Waals surface area contributed by atoms with E-state index in [1.807, 2.05) is 43.3 Å². The van der Waals surface area contributed by atoms with Crippen LogP contribution in [0, 0.1) is 5.41 Å².